The van der Waals surface area contributed by atoms with Crippen molar-refractivity contribution in [1.29, 1.82) is 0 Å². The molecule has 0 saturated carbocycles. The summed E-state index contributed by atoms with van der Waals surface area (Å²) >= 11 is 0. The topological polar surface area (TPSA) is 123 Å². The molecule has 1 aromatic rings. The quantitative estimate of drug-likeness (QED) is 0.255. The Bertz CT molecular complexity index is 814. The molecule has 1 unspecified atom stereocenters. The standard InChI is InChI=1S/C21H27N3O7/c25-7-9-30-11-13-31-12-10-29-8-6-22-17-3-1-2-15-16(17)14-24(21(15)28)18-4-5-19(26)23-20(18)27/h1-3,7,18,22H,4-6,8-14H2,(H,23,26,27). The van der Waals surface area contributed by atoms with Crippen molar-refractivity contribution < 1.29 is 33.4 Å². The summed E-state index contributed by atoms with van der Waals surface area (Å²) in [5.41, 5.74) is 2.24. The minimum absolute atomic E-state index is 0.0750. The lowest BCUT2D eigenvalue weighted by molar-refractivity contribution is -0.136. The van der Waals surface area contributed by atoms with Crippen LogP contribution in [0.5, 0.6) is 0 Å². The number of imide groups is 1. The zero-order valence-corrected chi connectivity index (χ0v) is 17.3. The molecule has 0 aromatic heterocycles. The number of rotatable bonds is 13. The number of piperidine rings is 1. The van der Waals surface area contributed by atoms with E-state index >= 15 is 0 Å². The number of carbonyl (C=O) groups is 4. The van der Waals surface area contributed by atoms with E-state index in [1.807, 2.05) is 6.07 Å². The summed E-state index contributed by atoms with van der Waals surface area (Å²) in [5, 5.41) is 5.59. The van der Waals surface area contributed by atoms with E-state index in [0.717, 1.165) is 11.3 Å². The van der Waals surface area contributed by atoms with Crippen LogP contribution in [0.4, 0.5) is 5.69 Å². The average molecular weight is 433 g/mol. The van der Waals surface area contributed by atoms with Gasteiger partial charge in [0, 0.05) is 36.3 Å². The molecule has 168 valence electrons. The second-order valence-corrected chi connectivity index (χ2v) is 7.12. The molecule has 3 rings (SSSR count). The van der Waals surface area contributed by atoms with Gasteiger partial charge in [-0.3, -0.25) is 19.7 Å². The van der Waals surface area contributed by atoms with Gasteiger partial charge >= 0.3 is 0 Å². The highest BCUT2D eigenvalue weighted by Crippen LogP contribution is 2.32. The summed E-state index contributed by atoms with van der Waals surface area (Å²) in [6.07, 6.45) is 1.27. The van der Waals surface area contributed by atoms with Crippen molar-refractivity contribution in [2.24, 2.45) is 0 Å². The van der Waals surface area contributed by atoms with E-state index in [2.05, 4.69) is 10.6 Å². The van der Waals surface area contributed by atoms with Crippen molar-refractivity contribution in [3.05, 3.63) is 29.3 Å². The Balaban J connectivity index is 1.41. The molecule has 0 bridgehead atoms. The van der Waals surface area contributed by atoms with Gasteiger partial charge in [-0.25, -0.2) is 0 Å². The largest absolute Gasteiger partial charge is 0.382 e. The van der Waals surface area contributed by atoms with Gasteiger partial charge < -0.3 is 29.2 Å². The van der Waals surface area contributed by atoms with Gasteiger partial charge in [0.25, 0.3) is 5.91 Å². The third kappa shape index (κ3) is 6.09. The Morgan fingerprint density at radius 3 is 2.55 bits per heavy atom. The molecular formula is C21H27N3O7. The van der Waals surface area contributed by atoms with Gasteiger partial charge in [-0.1, -0.05) is 6.07 Å². The van der Waals surface area contributed by atoms with Gasteiger partial charge in [0.15, 0.2) is 0 Å². The predicted molar refractivity (Wildman–Crippen MR) is 109 cm³/mol. The maximum Gasteiger partial charge on any atom is 0.255 e. The molecule has 2 heterocycles. The van der Waals surface area contributed by atoms with Crippen LogP contribution in [0.3, 0.4) is 0 Å². The van der Waals surface area contributed by atoms with E-state index in [1.165, 1.54) is 4.90 Å². The summed E-state index contributed by atoms with van der Waals surface area (Å²) in [4.78, 5) is 48.0. The number of amides is 3. The van der Waals surface area contributed by atoms with Gasteiger partial charge in [0.05, 0.1) is 33.0 Å². The second-order valence-electron chi connectivity index (χ2n) is 7.12. The van der Waals surface area contributed by atoms with Crippen LogP contribution in [0.25, 0.3) is 0 Å². The lowest BCUT2D eigenvalue weighted by Gasteiger charge is -2.29. The fraction of sp³-hybridized carbons (Fsp3) is 0.524. The van der Waals surface area contributed by atoms with Crippen LogP contribution >= 0.6 is 0 Å². The molecule has 0 radical (unpaired) electrons. The highest BCUT2D eigenvalue weighted by Gasteiger charge is 2.39. The van der Waals surface area contributed by atoms with Gasteiger partial charge in [0.1, 0.15) is 18.9 Å². The fourth-order valence-corrected chi connectivity index (χ4v) is 3.58. The van der Waals surface area contributed by atoms with Crippen molar-refractivity contribution in [2.75, 3.05) is 51.5 Å². The number of hydrogen-bond acceptors (Lipinski definition) is 8. The minimum Gasteiger partial charge on any atom is -0.382 e. The van der Waals surface area contributed by atoms with Crippen LogP contribution in [-0.2, 0) is 35.1 Å². The van der Waals surface area contributed by atoms with E-state index in [4.69, 9.17) is 14.2 Å². The lowest BCUT2D eigenvalue weighted by atomic mass is 10.0. The number of nitrogens with one attached hydrogen (secondary N) is 2. The number of ether oxygens (including phenoxy) is 3. The molecule has 3 amide bonds. The fourth-order valence-electron chi connectivity index (χ4n) is 3.58. The molecule has 31 heavy (non-hydrogen) atoms. The lowest BCUT2D eigenvalue weighted by Crippen LogP contribution is -2.52. The predicted octanol–water partition coefficient (Wildman–Crippen LogP) is 0.108. The Morgan fingerprint density at radius 2 is 1.81 bits per heavy atom. The third-order valence-corrected chi connectivity index (χ3v) is 5.07. The number of hydrogen-bond donors (Lipinski definition) is 2. The number of benzene rings is 1. The summed E-state index contributed by atoms with van der Waals surface area (Å²) in [6, 6.07) is 4.82. The Morgan fingerprint density at radius 1 is 1.06 bits per heavy atom. The molecule has 10 nitrogen and oxygen atoms in total. The summed E-state index contributed by atoms with van der Waals surface area (Å²) in [5.74, 6) is -0.916. The summed E-state index contributed by atoms with van der Waals surface area (Å²) in [6.45, 7) is 3.04. The van der Waals surface area contributed by atoms with Crippen molar-refractivity contribution in [2.45, 2.75) is 25.4 Å². The normalized spacial score (nSPS) is 18.1. The molecule has 1 aromatic carbocycles. The Kier molecular flexibility index (Phi) is 8.51. The maximum absolute atomic E-state index is 12.8. The van der Waals surface area contributed by atoms with E-state index in [9.17, 15) is 19.2 Å². The van der Waals surface area contributed by atoms with Crippen molar-refractivity contribution in [1.82, 2.24) is 10.2 Å². The SMILES string of the molecule is O=CCOCCOCCOCCNc1cccc2c1CN(C1CCC(=O)NC1=O)C2=O. The zero-order chi connectivity index (χ0) is 22.1. The zero-order valence-electron chi connectivity index (χ0n) is 17.3. The van der Waals surface area contributed by atoms with Crippen LogP contribution in [0.1, 0.15) is 28.8 Å². The number of fused-ring (bicyclic) bond motifs is 1. The Labute approximate surface area is 180 Å². The number of anilines is 1. The van der Waals surface area contributed by atoms with Gasteiger partial charge in [-0.2, -0.15) is 0 Å². The molecule has 2 aliphatic rings. The van der Waals surface area contributed by atoms with Gasteiger partial charge in [-0.05, 0) is 18.6 Å². The Hall–Kier alpha value is -2.82. The van der Waals surface area contributed by atoms with E-state index < -0.39 is 11.9 Å². The van der Waals surface area contributed by atoms with Crippen LogP contribution in [0.15, 0.2) is 18.2 Å². The molecule has 1 saturated heterocycles. The first-order valence-corrected chi connectivity index (χ1v) is 10.3. The van der Waals surface area contributed by atoms with Crippen molar-refractivity contribution in [3.8, 4) is 0 Å². The van der Waals surface area contributed by atoms with E-state index in [0.29, 0.717) is 64.4 Å². The molecule has 0 aliphatic carbocycles. The van der Waals surface area contributed by atoms with Crippen LogP contribution < -0.4 is 10.6 Å². The van der Waals surface area contributed by atoms with Gasteiger partial charge in [-0.15, -0.1) is 0 Å². The summed E-state index contributed by atoms with van der Waals surface area (Å²) < 4.78 is 15.8. The first kappa shape index (κ1) is 22.9. The van der Waals surface area contributed by atoms with Crippen LogP contribution in [0.2, 0.25) is 0 Å². The number of aldehydes is 1. The van der Waals surface area contributed by atoms with Crippen LogP contribution in [0, 0.1) is 0 Å². The maximum atomic E-state index is 12.8. The minimum atomic E-state index is -0.627. The van der Waals surface area contributed by atoms with Crippen molar-refractivity contribution in [3.63, 3.8) is 0 Å². The smallest absolute Gasteiger partial charge is 0.255 e. The first-order chi connectivity index (χ1) is 15.1. The average Bonchev–Trinajstić information content (AvgIpc) is 3.09. The molecular weight excluding hydrogens is 406 g/mol. The molecule has 0 spiro atoms. The monoisotopic (exact) mass is 433 g/mol. The highest BCUT2D eigenvalue weighted by atomic mass is 16.5. The summed E-state index contributed by atoms with van der Waals surface area (Å²) in [7, 11) is 0. The van der Waals surface area contributed by atoms with Crippen LogP contribution in [-0.4, -0.2) is 81.1 Å². The first-order valence-electron chi connectivity index (χ1n) is 10.3. The molecule has 2 N–H and O–H groups in total. The number of nitrogens with zero attached hydrogens (tertiary/aromatic N) is 1. The highest BCUT2D eigenvalue weighted by molar-refractivity contribution is 6.06. The molecule has 1 fully saturated rings. The second kappa shape index (κ2) is 11.5. The number of carbonyl (C=O) groups excluding carboxylic acids is 4. The van der Waals surface area contributed by atoms with Gasteiger partial charge in [0.2, 0.25) is 11.8 Å². The van der Waals surface area contributed by atoms with E-state index in [1.54, 1.807) is 12.1 Å². The molecule has 1 atom stereocenters. The van der Waals surface area contributed by atoms with E-state index in [-0.39, 0.29) is 24.8 Å². The van der Waals surface area contributed by atoms with Crippen molar-refractivity contribution >= 4 is 29.7 Å². The molecule has 10 heteroatoms. The molecule has 2 aliphatic heterocycles. The third-order valence-electron chi connectivity index (χ3n) is 5.07.